The van der Waals surface area contributed by atoms with Crippen LogP contribution in [0, 0.1) is 0 Å². The summed E-state index contributed by atoms with van der Waals surface area (Å²) in [6.07, 6.45) is -0.377. The van der Waals surface area contributed by atoms with Crippen molar-refractivity contribution in [3.8, 4) is 0 Å². The molecule has 0 aromatic rings. The molecule has 0 heterocycles. The average Bonchev–Trinajstić information content (AvgIpc) is 2.59. The Balaban J connectivity index is 4.61. The first-order valence-electron chi connectivity index (χ1n) is 7.54. The molecule has 12 nitrogen and oxygen atoms in total. The first-order valence-corrected chi connectivity index (χ1v) is 10.0. The molecule has 0 saturated heterocycles. The third-order valence-electron chi connectivity index (χ3n) is 2.95. The van der Waals surface area contributed by atoms with E-state index in [4.69, 9.17) is 26.8 Å². The van der Waals surface area contributed by atoms with Gasteiger partial charge in [-0.05, 0) is 6.42 Å². The molecule has 0 unspecified atom stereocenters. The van der Waals surface area contributed by atoms with E-state index in [1.807, 2.05) is 0 Å². The number of hydrogen-bond acceptors (Lipinski definition) is 9. The fourth-order valence-corrected chi connectivity index (χ4v) is 3.73. The van der Waals surface area contributed by atoms with Gasteiger partial charge < -0.3 is 37.4 Å². The maximum atomic E-state index is 12.0. The molecular formula is C13H22N4O8S2. The Bertz CT molecular complexity index is 562. The van der Waals surface area contributed by atoms with Crippen LogP contribution in [0.5, 0.6) is 0 Å². The standard InChI is InChI=1S/C13H22N4O8S2/c14-6(12(22)23)1-2-9(18)17-8(11(21)16-3-10(19)20)5-27-26-4-7(15)13(24)25/h6-8H,1-5,14-15H2,(H,16,21)(H,17,18)(H,19,20)(H,22,23)(H,24,25)/t6-,7-,8-/m0/s1. The van der Waals surface area contributed by atoms with Crippen LogP contribution < -0.4 is 22.1 Å². The summed E-state index contributed by atoms with van der Waals surface area (Å²) >= 11 is 0. The molecule has 14 heteroatoms. The molecule has 0 radical (unpaired) electrons. The summed E-state index contributed by atoms with van der Waals surface area (Å²) < 4.78 is 0. The van der Waals surface area contributed by atoms with Crippen molar-refractivity contribution in [2.24, 2.45) is 11.5 Å². The fourth-order valence-electron chi connectivity index (χ4n) is 1.45. The SMILES string of the molecule is N[C@@H](CCC(=O)N[C@@H](CSSC[C@H](N)C(=O)O)C(=O)NCC(=O)O)C(=O)O. The van der Waals surface area contributed by atoms with Gasteiger partial charge in [-0.15, -0.1) is 0 Å². The van der Waals surface area contributed by atoms with Crippen LogP contribution in [0.4, 0.5) is 0 Å². The van der Waals surface area contributed by atoms with Gasteiger partial charge in [-0.2, -0.15) is 0 Å². The van der Waals surface area contributed by atoms with Crippen molar-refractivity contribution in [2.75, 3.05) is 18.1 Å². The van der Waals surface area contributed by atoms with E-state index in [1.54, 1.807) is 0 Å². The lowest BCUT2D eigenvalue weighted by Gasteiger charge is -2.18. The van der Waals surface area contributed by atoms with E-state index in [2.05, 4.69) is 10.6 Å². The molecule has 27 heavy (non-hydrogen) atoms. The summed E-state index contributed by atoms with van der Waals surface area (Å²) in [6.45, 7) is -0.642. The Morgan fingerprint density at radius 3 is 1.96 bits per heavy atom. The van der Waals surface area contributed by atoms with Crippen LogP contribution >= 0.6 is 21.6 Å². The first kappa shape index (κ1) is 25.0. The van der Waals surface area contributed by atoms with E-state index < -0.39 is 54.4 Å². The number of amides is 2. The van der Waals surface area contributed by atoms with Gasteiger partial charge in [-0.1, -0.05) is 21.6 Å². The minimum atomic E-state index is -1.27. The zero-order valence-corrected chi connectivity index (χ0v) is 15.8. The van der Waals surface area contributed by atoms with Crippen molar-refractivity contribution in [3.05, 3.63) is 0 Å². The van der Waals surface area contributed by atoms with Crippen molar-refractivity contribution in [1.82, 2.24) is 10.6 Å². The van der Waals surface area contributed by atoms with E-state index in [0.29, 0.717) is 0 Å². The highest BCUT2D eigenvalue weighted by molar-refractivity contribution is 8.76. The van der Waals surface area contributed by atoms with Crippen molar-refractivity contribution >= 4 is 51.3 Å². The van der Waals surface area contributed by atoms with Crippen molar-refractivity contribution in [3.63, 3.8) is 0 Å². The summed E-state index contributed by atoms with van der Waals surface area (Å²) in [5.41, 5.74) is 10.6. The second-order valence-electron chi connectivity index (χ2n) is 5.23. The minimum absolute atomic E-state index is 0.0131. The van der Waals surface area contributed by atoms with Crippen molar-refractivity contribution < 1.29 is 39.3 Å². The summed E-state index contributed by atoms with van der Waals surface area (Å²) in [5, 5.41) is 30.5. The molecule has 0 aliphatic rings. The van der Waals surface area contributed by atoms with E-state index >= 15 is 0 Å². The number of aliphatic carboxylic acids is 3. The summed E-state index contributed by atoms with van der Waals surface area (Å²) in [6, 6.07) is -3.41. The summed E-state index contributed by atoms with van der Waals surface area (Å²) in [4.78, 5) is 55.7. The molecule has 0 aromatic carbocycles. The van der Waals surface area contributed by atoms with E-state index in [1.165, 1.54) is 0 Å². The number of carboxylic acids is 3. The number of carboxylic acid groups (broad SMARTS) is 3. The van der Waals surface area contributed by atoms with Gasteiger partial charge in [0, 0.05) is 17.9 Å². The highest BCUT2D eigenvalue weighted by Crippen LogP contribution is 2.22. The zero-order valence-electron chi connectivity index (χ0n) is 14.1. The number of rotatable bonds is 14. The van der Waals surface area contributed by atoms with Crippen LogP contribution in [0.15, 0.2) is 0 Å². The Labute approximate surface area is 162 Å². The van der Waals surface area contributed by atoms with E-state index in [-0.39, 0.29) is 24.3 Å². The van der Waals surface area contributed by atoms with Crippen LogP contribution in [-0.2, 0) is 24.0 Å². The third kappa shape index (κ3) is 12.1. The van der Waals surface area contributed by atoms with Crippen LogP contribution in [0.2, 0.25) is 0 Å². The third-order valence-corrected chi connectivity index (χ3v) is 5.40. The molecule has 0 aromatic heterocycles. The summed E-state index contributed by atoms with van der Waals surface area (Å²) in [5.74, 6) is -5.01. The molecule has 0 saturated carbocycles. The number of carbonyl (C=O) groups is 5. The van der Waals surface area contributed by atoms with Crippen LogP contribution in [0.3, 0.4) is 0 Å². The Hall–Kier alpha value is -2.03. The number of nitrogens with two attached hydrogens (primary N) is 2. The number of hydrogen-bond donors (Lipinski definition) is 7. The highest BCUT2D eigenvalue weighted by Gasteiger charge is 2.23. The van der Waals surface area contributed by atoms with Gasteiger partial charge in [0.15, 0.2) is 0 Å². The van der Waals surface area contributed by atoms with Gasteiger partial charge in [0.2, 0.25) is 11.8 Å². The molecule has 0 rings (SSSR count). The van der Waals surface area contributed by atoms with Gasteiger partial charge >= 0.3 is 17.9 Å². The molecule has 0 fully saturated rings. The molecular weight excluding hydrogens is 404 g/mol. The molecule has 9 N–H and O–H groups in total. The molecule has 0 spiro atoms. The normalized spacial score (nSPS) is 13.9. The van der Waals surface area contributed by atoms with Crippen LogP contribution in [0.25, 0.3) is 0 Å². The van der Waals surface area contributed by atoms with Gasteiger partial charge in [0.05, 0.1) is 0 Å². The Morgan fingerprint density at radius 2 is 1.44 bits per heavy atom. The predicted molar refractivity (Wildman–Crippen MR) is 97.9 cm³/mol. The monoisotopic (exact) mass is 426 g/mol. The molecule has 0 bridgehead atoms. The number of nitrogens with one attached hydrogen (secondary N) is 2. The predicted octanol–water partition coefficient (Wildman–Crippen LogP) is -2.34. The van der Waals surface area contributed by atoms with Gasteiger partial charge in [0.1, 0.15) is 24.7 Å². The Morgan fingerprint density at radius 1 is 0.889 bits per heavy atom. The maximum Gasteiger partial charge on any atom is 0.322 e. The molecule has 0 aliphatic heterocycles. The van der Waals surface area contributed by atoms with Gasteiger partial charge in [0.25, 0.3) is 0 Å². The summed E-state index contributed by atoms with van der Waals surface area (Å²) in [7, 11) is 2.15. The minimum Gasteiger partial charge on any atom is -0.480 e. The lowest BCUT2D eigenvalue weighted by atomic mass is 10.1. The van der Waals surface area contributed by atoms with Crippen LogP contribution in [0.1, 0.15) is 12.8 Å². The van der Waals surface area contributed by atoms with Gasteiger partial charge in [-0.25, -0.2) is 0 Å². The molecule has 3 atom stereocenters. The molecule has 0 aliphatic carbocycles. The van der Waals surface area contributed by atoms with Crippen LogP contribution in [-0.4, -0.2) is 81.2 Å². The number of carbonyl (C=O) groups excluding carboxylic acids is 2. The lowest BCUT2D eigenvalue weighted by molar-refractivity contribution is -0.139. The second kappa shape index (κ2) is 13.2. The molecule has 154 valence electrons. The smallest absolute Gasteiger partial charge is 0.322 e. The van der Waals surface area contributed by atoms with Crippen molar-refractivity contribution in [2.45, 2.75) is 31.0 Å². The fraction of sp³-hybridized carbons (Fsp3) is 0.615. The van der Waals surface area contributed by atoms with Crippen molar-refractivity contribution in [1.29, 1.82) is 0 Å². The largest absolute Gasteiger partial charge is 0.480 e. The first-order chi connectivity index (χ1) is 12.5. The van der Waals surface area contributed by atoms with Gasteiger partial charge in [-0.3, -0.25) is 24.0 Å². The topological polar surface area (TPSA) is 222 Å². The highest BCUT2D eigenvalue weighted by atomic mass is 33.1. The quantitative estimate of drug-likeness (QED) is 0.115. The maximum absolute atomic E-state index is 12.0. The average molecular weight is 426 g/mol. The second-order valence-corrected chi connectivity index (χ2v) is 7.78. The van der Waals surface area contributed by atoms with E-state index in [0.717, 1.165) is 21.6 Å². The van der Waals surface area contributed by atoms with E-state index in [9.17, 15) is 24.0 Å². The molecule has 2 amide bonds. The Kier molecular flexibility index (Phi) is 12.2. The zero-order chi connectivity index (χ0) is 21.0. The lowest BCUT2D eigenvalue weighted by Crippen LogP contribution is -2.49.